The second kappa shape index (κ2) is 5.25. The molecule has 6 heteroatoms. The first-order valence-corrected chi connectivity index (χ1v) is 8.16. The number of aliphatic imine (C=N–C) groups is 1. The molecule has 1 atom stereocenters. The molecule has 2 aliphatic rings. The Labute approximate surface area is 103 Å². The smallest absolute Gasteiger partial charge is 0.191 e. The molecule has 0 bridgehead atoms. The molecule has 98 valence electrons. The second-order valence-corrected chi connectivity index (χ2v) is 7.14. The Kier molecular flexibility index (Phi) is 3.91. The van der Waals surface area contributed by atoms with Crippen molar-refractivity contribution >= 4 is 15.8 Å². The zero-order valence-electron chi connectivity index (χ0n) is 10.3. The summed E-state index contributed by atoms with van der Waals surface area (Å²) in [5.74, 6) is 2.05. The van der Waals surface area contributed by atoms with E-state index in [1.165, 1.54) is 12.8 Å². The van der Waals surface area contributed by atoms with E-state index in [1.54, 1.807) is 0 Å². The summed E-state index contributed by atoms with van der Waals surface area (Å²) >= 11 is 0. The molecule has 0 amide bonds. The molecule has 1 aliphatic heterocycles. The van der Waals surface area contributed by atoms with Gasteiger partial charge in [0.25, 0.3) is 0 Å². The number of nitrogens with zero attached hydrogens (tertiary/aromatic N) is 1. The first kappa shape index (κ1) is 12.7. The Hall–Kier alpha value is -0.780. The largest absolute Gasteiger partial charge is 0.357 e. The zero-order chi connectivity index (χ0) is 12.3. The fourth-order valence-electron chi connectivity index (χ4n) is 1.94. The van der Waals surface area contributed by atoms with Gasteiger partial charge >= 0.3 is 0 Å². The number of sulfone groups is 1. The molecule has 2 rings (SSSR count). The minimum Gasteiger partial charge on any atom is -0.357 e. The lowest BCUT2D eigenvalue weighted by Gasteiger charge is -2.15. The summed E-state index contributed by atoms with van der Waals surface area (Å²) in [4.78, 5) is 4.49. The van der Waals surface area contributed by atoms with Crippen LogP contribution in [0.5, 0.6) is 0 Å². The van der Waals surface area contributed by atoms with E-state index in [0.29, 0.717) is 12.2 Å². The number of hydrogen-bond acceptors (Lipinski definition) is 3. The first-order chi connectivity index (χ1) is 8.09. The van der Waals surface area contributed by atoms with E-state index < -0.39 is 9.84 Å². The van der Waals surface area contributed by atoms with E-state index in [9.17, 15) is 8.42 Å². The minimum absolute atomic E-state index is 0.0250. The molecule has 0 aromatic heterocycles. The number of rotatable bonds is 4. The Morgan fingerprint density at radius 1 is 1.35 bits per heavy atom. The van der Waals surface area contributed by atoms with Gasteiger partial charge in [-0.25, -0.2) is 8.42 Å². The third-order valence-electron chi connectivity index (χ3n) is 3.12. The minimum atomic E-state index is -2.82. The van der Waals surface area contributed by atoms with Gasteiger partial charge in [0.1, 0.15) is 0 Å². The quantitative estimate of drug-likeness (QED) is 0.556. The Morgan fingerprint density at radius 2 is 2.12 bits per heavy atom. The Morgan fingerprint density at radius 3 is 2.65 bits per heavy atom. The van der Waals surface area contributed by atoms with Crippen molar-refractivity contribution in [1.82, 2.24) is 10.6 Å². The Balaban J connectivity index is 1.86. The normalized spacial score (nSPS) is 28.1. The van der Waals surface area contributed by atoms with Crippen molar-refractivity contribution in [3.8, 4) is 0 Å². The maximum absolute atomic E-state index is 11.4. The lowest BCUT2D eigenvalue weighted by molar-refractivity contribution is 0.599. The van der Waals surface area contributed by atoms with Crippen LogP contribution in [-0.4, -0.2) is 45.0 Å². The molecule has 0 aromatic carbocycles. The summed E-state index contributed by atoms with van der Waals surface area (Å²) in [5, 5.41) is 6.38. The SMILES string of the molecule is CCNC(=NCC1CC1)NC1CCS(=O)(=O)C1. The summed E-state index contributed by atoms with van der Waals surface area (Å²) in [6.07, 6.45) is 3.25. The summed E-state index contributed by atoms with van der Waals surface area (Å²) in [5.41, 5.74) is 0. The van der Waals surface area contributed by atoms with Crippen molar-refractivity contribution in [1.29, 1.82) is 0 Å². The highest BCUT2D eigenvalue weighted by Gasteiger charge is 2.28. The monoisotopic (exact) mass is 259 g/mol. The Bertz CT molecular complexity index is 388. The van der Waals surface area contributed by atoms with Gasteiger partial charge in [-0.1, -0.05) is 0 Å². The molecule has 1 saturated heterocycles. The molecule has 1 aliphatic carbocycles. The second-order valence-electron chi connectivity index (χ2n) is 4.91. The third-order valence-corrected chi connectivity index (χ3v) is 4.89. The highest BCUT2D eigenvalue weighted by atomic mass is 32.2. The average Bonchev–Trinajstić information content (AvgIpc) is 3.01. The van der Waals surface area contributed by atoms with Crippen molar-refractivity contribution in [2.75, 3.05) is 24.6 Å². The maximum Gasteiger partial charge on any atom is 0.191 e. The molecular formula is C11H21N3O2S. The fourth-order valence-corrected chi connectivity index (χ4v) is 3.62. The van der Waals surface area contributed by atoms with E-state index in [1.807, 2.05) is 6.92 Å². The molecule has 17 heavy (non-hydrogen) atoms. The van der Waals surface area contributed by atoms with Gasteiger partial charge in [0.2, 0.25) is 0 Å². The van der Waals surface area contributed by atoms with Crippen molar-refractivity contribution in [2.24, 2.45) is 10.9 Å². The van der Waals surface area contributed by atoms with Crippen LogP contribution in [0.1, 0.15) is 26.2 Å². The van der Waals surface area contributed by atoms with Gasteiger partial charge < -0.3 is 10.6 Å². The van der Waals surface area contributed by atoms with E-state index in [2.05, 4.69) is 15.6 Å². The van der Waals surface area contributed by atoms with Gasteiger partial charge in [-0.05, 0) is 32.1 Å². The molecule has 1 unspecified atom stereocenters. The topological polar surface area (TPSA) is 70.6 Å². The van der Waals surface area contributed by atoms with Gasteiger partial charge in [0.05, 0.1) is 11.5 Å². The number of guanidine groups is 1. The van der Waals surface area contributed by atoms with Gasteiger partial charge in [0.15, 0.2) is 15.8 Å². The van der Waals surface area contributed by atoms with Crippen LogP contribution in [0.4, 0.5) is 0 Å². The zero-order valence-corrected chi connectivity index (χ0v) is 11.1. The van der Waals surface area contributed by atoms with Crippen LogP contribution in [0.25, 0.3) is 0 Å². The highest BCUT2D eigenvalue weighted by molar-refractivity contribution is 7.91. The fraction of sp³-hybridized carbons (Fsp3) is 0.909. The molecule has 2 N–H and O–H groups in total. The van der Waals surface area contributed by atoms with Crippen molar-refractivity contribution < 1.29 is 8.42 Å². The molecule has 2 fully saturated rings. The lowest BCUT2D eigenvalue weighted by atomic mass is 10.3. The van der Waals surface area contributed by atoms with E-state index in [4.69, 9.17) is 0 Å². The van der Waals surface area contributed by atoms with Crippen LogP contribution >= 0.6 is 0 Å². The van der Waals surface area contributed by atoms with Gasteiger partial charge in [-0.15, -0.1) is 0 Å². The van der Waals surface area contributed by atoms with Crippen LogP contribution in [-0.2, 0) is 9.84 Å². The van der Waals surface area contributed by atoms with Crippen molar-refractivity contribution in [2.45, 2.75) is 32.2 Å². The van der Waals surface area contributed by atoms with Gasteiger partial charge in [0, 0.05) is 19.1 Å². The number of nitrogens with one attached hydrogen (secondary N) is 2. The summed E-state index contributed by atoms with van der Waals surface area (Å²) in [6.45, 7) is 3.67. The molecule has 5 nitrogen and oxygen atoms in total. The maximum atomic E-state index is 11.4. The highest BCUT2D eigenvalue weighted by Crippen LogP contribution is 2.28. The van der Waals surface area contributed by atoms with Crippen LogP contribution in [0.3, 0.4) is 0 Å². The molecular weight excluding hydrogens is 238 g/mol. The van der Waals surface area contributed by atoms with E-state index >= 15 is 0 Å². The van der Waals surface area contributed by atoms with Gasteiger partial charge in [-0.3, -0.25) is 4.99 Å². The summed E-state index contributed by atoms with van der Waals surface area (Å²) in [7, 11) is -2.82. The predicted molar refractivity (Wildman–Crippen MR) is 68.9 cm³/mol. The average molecular weight is 259 g/mol. The summed E-state index contributed by atoms with van der Waals surface area (Å²) in [6, 6.07) is 0.0250. The van der Waals surface area contributed by atoms with Crippen LogP contribution in [0.2, 0.25) is 0 Å². The molecule has 0 spiro atoms. The van der Waals surface area contributed by atoms with Crippen molar-refractivity contribution in [3.63, 3.8) is 0 Å². The standard InChI is InChI=1S/C11H21N3O2S/c1-2-12-11(13-7-9-3-4-9)14-10-5-6-17(15,16)8-10/h9-10H,2-8H2,1H3,(H2,12,13,14). The molecule has 0 aromatic rings. The van der Waals surface area contributed by atoms with Crippen LogP contribution in [0.15, 0.2) is 4.99 Å². The molecule has 1 heterocycles. The third kappa shape index (κ3) is 4.18. The summed E-state index contributed by atoms with van der Waals surface area (Å²) < 4.78 is 22.7. The predicted octanol–water partition coefficient (Wildman–Crippen LogP) is 0.139. The number of hydrogen-bond donors (Lipinski definition) is 2. The first-order valence-electron chi connectivity index (χ1n) is 6.34. The van der Waals surface area contributed by atoms with Gasteiger partial charge in [-0.2, -0.15) is 0 Å². The molecule has 0 radical (unpaired) electrons. The van der Waals surface area contributed by atoms with E-state index in [0.717, 1.165) is 25.0 Å². The van der Waals surface area contributed by atoms with Crippen LogP contribution in [0, 0.1) is 5.92 Å². The molecule has 1 saturated carbocycles. The lowest BCUT2D eigenvalue weighted by Crippen LogP contribution is -2.44. The van der Waals surface area contributed by atoms with Crippen LogP contribution < -0.4 is 10.6 Å². The van der Waals surface area contributed by atoms with Crippen molar-refractivity contribution in [3.05, 3.63) is 0 Å². The van der Waals surface area contributed by atoms with E-state index in [-0.39, 0.29) is 11.8 Å².